The monoisotopic (exact) mass is 288 g/mol. The van der Waals surface area contributed by atoms with Crippen LogP contribution in [-0.4, -0.2) is 37.6 Å². The third-order valence-corrected chi connectivity index (χ3v) is 4.93. The highest BCUT2D eigenvalue weighted by Crippen LogP contribution is 2.28. The molecule has 0 bridgehead atoms. The second-order valence-corrected chi connectivity index (χ2v) is 6.90. The standard InChI is InChI=1S/C19H32N2/c1-4-12-20-15-19(3,18-9-7-6-8-10-18)16-21-13-11-17(5-2)14-21/h6-10,17,20H,4-5,11-16H2,1-3H3. The van der Waals surface area contributed by atoms with E-state index in [0.29, 0.717) is 0 Å². The molecule has 0 aliphatic carbocycles. The van der Waals surface area contributed by atoms with E-state index in [9.17, 15) is 0 Å². The van der Waals surface area contributed by atoms with Gasteiger partial charge in [-0.05, 0) is 37.4 Å². The molecule has 2 atom stereocenters. The van der Waals surface area contributed by atoms with Gasteiger partial charge in [-0.25, -0.2) is 0 Å². The number of hydrogen-bond donors (Lipinski definition) is 1. The van der Waals surface area contributed by atoms with Crippen molar-refractivity contribution in [3.05, 3.63) is 35.9 Å². The lowest BCUT2D eigenvalue weighted by Crippen LogP contribution is -2.45. The molecule has 2 heteroatoms. The zero-order valence-electron chi connectivity index (χ0n) is 14.1. The second kappa shape index (κ2) is 7.95. The molecular formula is C19H32N2. The highest BCUT2D eigenvalue weighted by atomic mass is 15.2. The van der Waals surface area contributed by atoms with Crippen LogP contribution in [0.4, 0.5) is 0 Å². The first kappa shape index (κ1) is 16.5. The minimum absolute atomic E-state index is 0.207. The molecule has 1 aliphatic rings. The number of nitrogens with one attached hydrogen (secondary N) is 1. The van der Waals surface area contributed by atoms with E-state index in [4.69, 9.17) is 0 Å². The minimum Gasteiger partial charge on any atom is -0.316 e. The number of likely N-dealkylation sites (tertiary alicyclic amines) is 1. The Morgan fingerprint density at radius 1 is 1.24 bits per heavy atom. The van der Waals surface area contributed by atoms with Crippen molar-refractivity contribution >= 4 is 0 Å². The van der Waals surface area contributed by atoms with Crippen LogP contribution in [0.15, 0.2) is 30.3 Å². The van der Waals surface area contributed by atoms with Crippen LogP contribution in [0.5, 0.6) is 0 Å². The summed E-state index contributed by atoms with van der Waals surface area (Å²) in [5.74, 6) is 0.911. The van der Waals surface area contributed by atoms with Gasteiger partial charge in [-0.1, -0.05) is 57.5 Å². The first-order valence-corrected chi connectivity index (χ1v) is 8.66. The molecule has 2 rings (SSSR count). The van der Waals surface area contributed by atoms with Crippen molar-refractivity contribution in [3.8, 4) is 0 Å². The molecule has 1 aromatic rings. The molecule has 118 valence electrons. The lowest BCUT2D eigenvalue weighted by Gasteiger charge is -2.35. The highest BCUT2D eigenvalue weighted by molar-refractivity contribution is 5.25. The lowest BCUT2D eigenvalue weighted by molar-refractivity contribution is 0.242. The Labute approximate surface area is 130 Å². The molecule has 0 aromatic heterocycles. The summed E-state index contributed by atoms with van der Waals surface area (Å²) < 4.78 is 0. The molecule has 1 heterocycles. The zero-order chi connectivity index (χ0) is 15.1. The van der Waals surface area contributed by atoms with Gasteiger partial charge in [0.05, 0.1) is 0 Å². The third kappa shape index (κ3) is 4.55. The van der Waals surface area contributed by atoms with E-state index in [-0.39, 0.29) is 5.41 Å². The molecule has 0 radical (unpaired) electrons. The maximum Gasteiger partial charge on any atom is 0.0177 e. The first-order valence-electron chi connectivity index (χ1n) is 8.66. The second-order valence-electron chi connectivity index (χ2n) is 6.90. The molecule has 1 fully saturated rings. The topological polar surface area (TPSA) is 15.3 Å². The lowest BCUT2D eigenvalue weighted by atomic mass is 9.81. The molecule has 21 heavy (non-hydrogen) atoms. The maximum atomic E-state index is 3.65. The fraction of sp³-hybridized carbons (Fsp3) is 0.684. The number of rotatable bonds is 8. The van der Waals surface area contributed by atoms with E-state index < -0.39 is 0 Å². The van der Waals surface area contributed by atoms with Crippen LogP contribution < -0.4 is 5.32 Å². The Balaban J connectivity index is 2.05. The largest absolute Gasteiger partial charge is 0.316 e. The minimum atomic E-state index is 0.207. The summed E-state index contributed by atoms with van der Waals surface area (Å²) in [5.41, 5.74) is 1.67. The fourth-order valence-electron chi connectivity index (χ4n) is 3.51. The normalized spacial score (nSPS) is 22.3. The predicted molar refractivity (Wildman–Crippen MR) is 91.8 cm³/mol. The van der Waals surface area contributed by atoms with Gasteiger partial charge in [0, 0.05) is 25.0 Å². The summed E-state index contributed by atoms with van der Waals surface area (Å²) in [5, 5.41) is 3.65. The average molecular weight is 288 g/mol. The fourth-order valence-corrected chi connectivity index (χ4v) is 3.51. The van der Waals surface area contributed by atoms with Crippen molar-refractivity contribution in [2.75, 3.05) is 32.7 Å². The van der Waals surface area contributed by atoms with Crippen LogP contribution in [0.1, 0.15) is 45.6 Å². The van der Waals surface area contributed by atoms with Crippen LogP contribution in [0.2, 0.25) is 0 Å². The Morgan fingerprint density at radius 3 is 2.62 bits per heavy atom. The number of benzene rings is 1. The summed E-state index contributed by atoms with van der Waals surface area (Å²) >= 11 is 0. The molecule has 0 spiro atoms. The predicted octanol–water partition coefficient (Wildman–Crippen LogP) is 3.68. The highest BCUT2D eigenvalue weighted by Gasteiger charge is 2.31. The number of nitrogens with zero attached hydrogens (tertiary/aromatic N) is 1. The van der Waals surface area contributed by atoms with Gasteiger partial charge in [-0.2, -0.15) is 0 Å². The van der Waals surface area contributed by atoms with Crippen LogP contribution in [0.25, 0.3) is 0 Å². The van der Waals surface area contributed by atoms with E-state index >= 15 is 0 Å². The van der Waals surface area contributed by atoms with Gasteiger partial charge in [0.1, 0.15) is 0 Å². The molecule has 1 aliphatic heterocycles. The molecular weight excluding hydrogens is 256 g/mol. The summed E-state index contributed by atoms with van der Waals surface area (Å²) in [4.78, 5) is 2.68. The van der Waals surface area contributed by atoms with Gasteiger partial charge in [0.2, 0.25) is 0 Å². The van der Waals surface area contributed by atoms with E-state index in [1.54, 1.807) is 0 Å². The van der Waals surface area contributed by atoms with Gasteiger partial charge >= 0.3 is 0 Å². The average Bonchev–Trinajstić information content (AvgIpc) is 2.96. The van der Waals surface area contributed by atoms with Crippen molar-refractivity contribution in [2.45, 2.75) is 45.4 Å². The Hall–Kier alpha value is -0.860. The van der Waals surface area contributed by atoms with Crippen LogP contribution in [-0.2, 0) is 5.41 Å². The Bertz CT molecular complexity index is 403. The SMILES string of the molecule is CCCNCC(C)(CN1CCC(CC)C1)c1ccccc1. The van der Waals surface area contributed by atoms with Crippen LogP contribution >= 0.6 is 0 Å². The third-order valence-electron chi connectivity index (χ3n) is 4.93. The Morgan fingerprint density at radius 2 is 2.00 bits per heavy atom. The van der Waals surface area contributed by atoms with Gasteiger partial charge in [-0.15, -0.1) is 0 Å². The molecule has 2 unspecified atom stereocenters. The van der Waals surface area contributed by atoms with Crippen molar-refractivity contribution in [1.29, 1.82) is 0 Å². The van der Waals surface area contributed by atoms with Gasteiger partial charge in [0.15, 0.2) is 0 Å². The van der Waals surface area contributed by atoms with Crippen LogP contribution in [0.3, 0.4) is 0 Å². The van der Waals surface area contributed by atoms with Gasteiger partial charge in [0.25, 0.3) is 0 Å². The van der Waals surface area contributed by atoms with Crippen molar-refractivity contribution < 1.29 is 0 Å². The molecule has 1 saturated heterocycles. The number of hydrogen-bond acceptors (Lipinski definition) is 2. The van der Waals surface area contributed by atoms with Gasteiger partial charge in [-0.3, -0.25) is 0 Å². The summed E-state index contributed by atoms with van der Waals surface area (Å²) in [6.07, 6.45) is 3.91. The Kier molecular flexibility index (Phi) is 6.25. The molecule has 2 nitrogen and oxygen atoms in total. The summed E-state index contributed by atoms with van der Waals surface area (Å²) in [6, 6.07) is 11.0. The molecule has 0 saturated carbocycles. The van der Waals surface area contributed by atoms with Crippen LogP contribution in [0, 0.1) is 5.92 Å². The van der Waals surface area contributed by atoms with Crippen molar-refractivity contribution in [2.24, 2.45) is 5.92 Å². The first-order chi connectivity index (χ1) is 10.2. The van der Waals surface area contributed by atoms with Crippen molar-refractivity contribution in [1.82, 2.24) is 10.2 Å². The summed E-state index contributed by atoms with van der Waals surface area (Å²) in [6.45, 7) is 12.9. The molecule has 1 aromatic carbocycles. The smallest absolute Gasteiger partial charge is 0.0177 e. The van der Waals surface area contributed by atoms with E-state index in [2.05, 4.69) is 61.3 Å². The molecule has 1 N–H and O–H groups in total. The van der Waals surface area contributed by atoms with E-state index in [1.165, 1.54) is 44.5 Å². The molecule has 0 amide bonds. The van der Waals surface area contributed by atoms with E-state index in [0.717, 1.165) is 19.0 Å². The quantitative estimate of drug-likeness (QED) is 0.734. The zero-order valence-corrected chi connectivity index (χ0v) is 14.1. The van der Waals surface area contributed by atoms with Crippen molar-refractivity contribution in [3.63, 3.8) is 0 Å². The maximum absolute atomic E-state index is 3.65. The van der Waals surface area contributed by atoms with E-state index in [1.807, 2.05) is 0 Å². The van der Waals surface area contributed by atoms with Gasteiger partial charge < -0.3 is 10.2 Å². The summed E-state index contributed by atoms with van der Waals surface area (Å²) in [7, 11) is 0.